The SMILES string of the molecule is O=P([O-])([O-])OC1[C@@H](O)[C@H](O)C(O)[C@H](O)[C@@H]1O.[Mg+2]. The first-order chi connectivity index (χ1) is 7.15. The van der Waals surface area contributed by atoms with Gasteiger partial charge < -0.3 is 44.4 Å². The number of phosphoric acid groups is 1. The van der Waals surface area contributed by atoms with Gasteiger partial charge >= 0.3 is 23.1 Å². The smallest absolute Gasteiger partial charge is 0.790 e. The van der Waals surface area contributed by atoms with Crippen LogP contribution in [0.25, 0.3) is 0 Å². The average Bonchev–Trinajstić information content (AvgIpc) is 2.17. The van der Waals surface area contributed by atoms with Gasteiger partial charge in [-0.25, -0.2) is 0 Å². The predicted molar refractivity (Wildman–Crippen MR) is 48.3 cm³/mol. The summed E-state index contributed by atoms with van der Waals surface area (Å²) in [6.45, 7) is 0. The van der Waals surface area contributed by atoms with E-state index in [4.69, 9.17) is 15.3 Å². The largest absolute Gasteiger partial charge is 2.00 e. The van der Waals surface area contributed by atoms with E-state index in [1.165, 1.54) is 0 Å². The van der Waals surface area contributed by atoms with Gasteiger partial charge in [0.05, 0.1) is 7.82 Å². The Hall–Kier alpha value is 0.676. The van der Waals surface area contributed by atoms with Gasteiger partial charge in [0, 0.05) is 0 Å². The van der Waals surface area contributed by atoms with Crippen molar-refractivity contribution >= 4 is 30.9 Å². The van der Waals surface area contributed by atoms with Crippen LogP contribution in [0.3, 0.4) is 0 Å². The maximum absolute atomic E-state index is 10.3. The summed E-state index contributed by atoms with van der Waals surface area (Å²) in [5, 5.41) is 45.9. The van der Waals surface area contributed by atoms with Crippen LogP contribution in [0.1, 0.15) is 0 Å². The fourth-order valence-electron chi connectivity index (χ4n) is 1.47. The van der Waals surface area contributed by atoms with Gasteiger partial charge in [-0.2, -0.15) is 0 Å². The Morgan fingerprint density at radius 2 is 1.12 bits per heavy atom. The second-order valence-corrected chi connectivity index (χ2v) is 4.58. The zero-order valence-electron chi connectivity index (χ0n) is 8.49. The third kappa shape index (κ3) is 4.08. The molecule has 0 aromatic carbocycles. The van der Waals surface area contributed by atoms with E-state index >= 15 is 0 Å². The van der Waals surface area contributed by atoms with Crippen molar-refractivity contribution < 1.29 is 44.4 Å². The van der Waals surface area contributed by atoms with Crippen LogP contribution >= 0.6 is 7.82 Å². The normalized spacial score (nSPS) is 43.0. The van der Waals surface area contributed by atoms with Gasteiger partial charge in [-0.1, -0.05) is 0 Å². The summed E-state index contributed by atoms with van der Waals surface area (Å²) in [5.41, 5.74) is 0. The van der Waals surface area contributed by atoms with Gasteiger partial charge in [0.2, 0.25) is 0 Å². The predicted octanol–water partition coefficient (Wildman–Crippen LogP) is -5.36. The Morgan fingerprint density at radius 3 is 1.41 bits per heavy atom. The first-order valence-electron chi connectivity index (χ1n) is 4.26. The van der Waals surface area contributed by atoms with E-state index in [0.717, 1.165) is 0 Å². The number of hydrogen-bond acceptors (Lipinski definition) is 9. The topological polar surface area (TPSA) is 174 Å². The fraction of sp³-hybridized carbons (Fsp3) is 1.00. The molecule has 0 heterocycles. The van der Waals surface area contributed by atoms with Crippen molar-refractivity contribution in [3.8, 4) is 0 Å². The van der Waals surface area contributed by atoms with Crippen molar-refractivity contribution in [1.29, 1.82) is 0 Å². The quantitative estimate of drug-likeness (QED) is 0.244. The molecule has 0 radical (unpaired) electrons. The fourth-order valence-corrected chi connectivity index (χ4v) is 2.02. The molecular formula is C6H11MgO9P. The Labute approximate surface area is 112 Å². The average molecular weight is 282 g/mol. The van der Waals surface area contributed by atoms with Crippen LogP contribution in [0.15, 0.2) is 0 Å². The molecule has 1 fully saturated rings. The zero-order valence-corrected chi connectivity index (χ0v) is 10.8. The Kier molecular flexibility index (Phi) is 6.46. The van der Waals surface area contributed by atoms with Crippen LogP contribution in [0.2, 0.25) is 0 Å². The van der Waals surface area contributed by atoms with Crippen LogP contribution in [0.5, 0.6) is 0 Å². The molecule has 9 nitrogen and oxygen atoms in total. The molecule has 0 bridgehead atoms. The summed E-state index contributed by atoms with van der Waals surface area (Å²) >= 11 is 0. The van der Waals surface area contributed by atoms with Crippen molar-refractivity contribution in [3.63, 3.8) is 0 Å². The van der Waals surface area contributed by atoms with Gasteiger partial charge in [0.25, 0.3) is 0 Å². The van der Waals surface area contributed by atoms with Crippen molar-refractivity contribution in [2.24, 2.45) is 0 Å². The van der Waals surface area contributed by atoms with Gasteiger partial charge in [-0.3, -0.25) is 0 Å². The second-order valence-electron chi connectivity index (χ2n) is 3.47. The van der Waals surface area contributed by atoms with Crippen molar-refractivity contribution in [2.75, 3.05) is 0 Å². The molecule has 0 aromatic heterocycles. The van der Waals surface area contributed by atoms with Crippen molar-refractivity contribution in [3.05, 3.63) is 0 Å². The molecule has 2 unspecified atom stereocenters. The number of aliphatic hydroxyl groups is 5. The molecule has 1 aliphatic rings. The molecular weight excluding hydrogens is 271 g/mol. The van der Waals surface area contributed by atoms with Gasteiger partial charge in [0.15, 0.2) is 0 Å². The number of aliphatic hydroxyl groups excluding tert-OH is 5. The van der Waals surface area contributed by atoms with E-state index < -0.39 is 44.4 Å². The van der Waals surface area contributed by atoms with E-state index in [1.54, 1.807) is 0 Å². The Bertz CT molecular complexity index is 279. The van der Waals surface area contributed by atoms with Crippen LogP contribution < -0.4 is 9.79 Å². The molecule has 96 valence electrons. The zero-order chi connectivity index (χ0) is 12.7. The third-order valence-corrected chi connectivity index (χ3v) is 2.83. The minimum atomic E-state index is -5.51. The van der Waals surface area contributed by atoms with E-state index in [1.807, 2.05) is 0 Å². The molecule has 1 aliphatic carbocycles. The Balaban J connectivity index is 0.00000256. The summed E-state index contributed by atoms with van der Waals surface area (Å²) < 4.78 is 14.1. The molecule has 11 heteroatoms. The van der Waals surface area contributed by atoms with E-state index in [2.05, 4.69) is 4.52 Å². The first-order valence-corrected chi connectivity index (χ1v) is 5.72. The number of phosphoric ester groups is 1. The maximum atomic E-state index is 10.3. The summed E-state index contributed by atoms with van der Waals surface area (Å²) in [4.78, 5) is 20.6. The minimum absolute atomic E-state index is 0. The van der Waals surface area contributed by atoms with Gasteiger partial charge in [0.1, 0.15) is 36.6 Å². The molecule has 5 N–H and O–H groups in total. The van der Waals surface area contributed by atoms with E-state index in [9.17, 15) is 24.6 Å². The summed E-state index contributed by atoms with van der Waals surface area (Å²) in [5.74, 6) is 0. The summed E-state index contributed by atoms with van der Waals surface area (Å²) in [7, 11) is -5.51. The molecule has 0 aliphatic heterocycles. The summed E-state index contributed by atoms with van der Waals surface area (Å²) in [6, 6.07) is 0. The van der Waals surface area contributed by atoms with Crippen LogP contribution in [0.4, 0.5) is 0 Å². The maximum Gasteiger partial charge on any atom is 2.00 e. The number of rotatable bonds is 2. The molecule has 0 spiro atoms. The molecule has 1 saturated carbocycles. The molecule has 0 aromatic rings. The molecule has 0 saturated heterocycles. The van der Waals surface area contributed by atoms with Gasteiger partial charge in [-0.05, 0) is 0 Å². The van der Waals surface area contributed by atoms with E-state index in [-0.39, 0.29) is 23.1 Å². The molecule has 6 atom stereocenters. The van der Waals surface area contributed by atoms with Crippen LogP contribution in [0, 0.1) is 0 Å². The van der Waals surface area contributed by atoms with Crippen LogP contribution in [-0.2, 0) is 9.09 Å². The Morgan fingerprint density at radius 1 is 0.824 bits per heavy atom. The monoisotopic (exact) mass is 282 g/mol. The number of hydrogen-bond donors (Lipinski definition) is 5. The molecule has 17 heavy (non-hydrogen) atoms. The second kappa shape index (κ2) is 6.22. The van der Waals surface area contributed by atoms with Crippen molar-refractivity contribution in [2.45, 2.75) is 36.6 Å². The summed E-state index contributed by atoms with van der Waals surface area (Å²) in [6.07, 6.45) is -11.8. The van der Waals surface area contributed by atoms with Crippen LogP contribution in [-0.4, -0.2) is 85.2 Å². The molecule has 1 rings (SSSR count). The van der Waals surface area contributed by atoms with E-state index in [0.29, 0.717) is 0 Å². The molecule has 0 amide bonds. The minimum Gasteiger partial charge on any atom is -0.790 e. The first kappa shape index (κ1) is 17.7. The standard InChI is InChI=1S/C6H13O9P.Mg/c7-1-2(8)4(10)6(5(11)3(1)9)15-16(12,13)14;/h1-11H,(H2,12,13,14);/q;+2/p-2/t1?,2-,3+,4-,5-,6?;/m0./s1. The third-order valence-electron chi connectivity index (χ3n) is 2.32. The van der Waals surface area contributed by atoms with Crippen molar-refractivity contribution in [1.82, 2.24) is 0 Å². The van der Waals surface area contributed by atoms with Gasteiger partial charge in [-0.15, -0.1) is 0 Å².